The molecule has 0 aliphatic heterocycles. The Morgan fingerprint density at radius 1 is 1.64 bits per heavy atom. The first-order chi connectivity index (χ1) is 5.00. The molecule has 0 unspecified atom stereocenters. The fourth-order valence-electron chi connectivity index (χ4n) is 0.671. The molecule has 3 nitrogen and oxygen atoms in total. The van der Waals surface area contributed by atoms with Crippen LogP contribution in [0, 0.1) is 5.92 Å². The highest BCUT2D eigenvalue weighted by Crippen LogP contribution is 2.11. The van der Waals surface area contributed by atoms with Gasteiger partial charge in [0, 0.05) is 0 Å². The van der Waals surface area contributed by atoms with E-state index in [2.05, 4.69) is 13.2 Å². The summed E-state index contributed by atoms with van der Waals surface area (Å²) in [6.07, 6.45) is 0.159. The van der Waals surface area contributed by atoms with Crippen LogP contribution in [0.2, 0.25) is 0 Å². The van der Waals surface area contributed by atoms with Gasteiger partial charge < -0.3 is 10.2 Å². The van der Waals surface area contributed by atoms with Crippen molar-refractivity contribution in [2.24, 2.45) is 5.92 Å². The van der Waals surface area contributed by atoms with Crippen molar-refractivity contribution >= 4 is 5.97 Å². The van der Waals surface area contributed by atoms with Gasteiger partial charge in [0.25, 0.3) is 0 Å². The summed E-state index contributed by atoms with van der Waals surface area (Å²) in [6, 6.07) is 0. The Bertz CT molecular complexity index is 184. The Morgan fingerprint density at radius 3 is 2.18 bits per heavy atom. The number of hydrogen-bond acceptors (Lipinski definition) is 2. The molecule has 0 heterocycles. The van der Waals surface area contributed by atoms with Crippen LogP contribution in [-0.2, 0) is 4.79 Å². The van der Waals surface area contributed by atoms with Crippen LogP contribution < -0.4 is 0 Å². The van der Waals surface area contributed by atoms with Crippen LogP contribution >= 0.6 is 0 Å². The first kappa shape index (κ1) is 9.91. The minimum Gasteiger partial charge on any atom is -0.481 e. The van der Waals surface area contributed by atoms with Crippen LogP contribution in [0.25, 0.3) is 0 Å². The van der Waals surface area contributed by atoms with E-state index < -0.39 is 18.0 Å². The molecule has 2 N–H and O–H groups in total. The molecule has 0 aromatic heterocycles. The van der Waals surface area contributed by atoms with Gasteiger partial charge in [-0.1, -0.05) is 18.2 Å². The van der Waals surface area contributed by atoms with Gasteiger partial charge in [0.15, 0.2) is 0 Å². The summed E-state index contributed by atoms with van der Waals surface area (Å²) < 4.78 is 0. The highest BCUT2D eigenvalue weighted by molar-refractivity contribution is 5.73. The van der Waals surface area contributed by atoms with Crippen LogP contribution in [-0.4, -0.2) is 22.3 Å². The summed E-state index contributed by atoms with van der Waals surface area (Å²) in [5.74, 6) is -2.04. The molecule has 0 saturated heterocycles. The van der Waals surface area contributed by atoms with Gasteiger partial charge in [0.1, 0.15) is 5.92 Å². The van der Waals surface area contributed by atoms with Crippen LogP contribution in [0.15, 0.2) is 24.8 Å². The van der Waals surface area contributed by atoms with E-state index in [0.717, 1.165) is 0 Å². The molecule has 0 aliphatic rings. The van der Waals surface area contributed by atoms with Gasteiger partial charge in [-0.25, -0.2) is 0 Å². The average Bonchev–Trinajstić information content (AvgIpc) is 1.88. The van der Waals surface area contributed by atoms with E-state index in [1.54, 1.807) is 6.92 Å². The van der Waals surface area contributed by atoms with E-state index >= 15 is 0 Å². The third-order valence-electron chi connectivity index (χ3n) is 1.38. The summed E-state index contributed by atoms with van der Waals surface area (Å²) in [7, 11) is 0. The lowest BCUT2D eigenvalue weighted by molar-refractivity contribution is -0.142. The molecule has 0 radical (unpaired) electrons. The molecular formula is C8H12O3. The normalized spacial score (nSPS) is 15.1. The smallest absolute Gasteiger partial charge is 0.313 e. The summed E-state index contributed by atoms with van der Waals surface area (Å²) in [5, 5.41) is 17.7. The molecule has 0 saturated carbocycles. The van der Waals surface area contributed by atoms with E-state index in [-0.39, 0.29) is 0 Å². The molecule has 2 atom stereocenters. The molecule has 3 heteroatoms. The Kier molecular flexibility index (Phi) is 3.54. The highest BCUT2D eigenvalue weighted by atomic mass is 16.4. The maximum atomic E-state index is 10.4. The number of carboxylic acid groups (broad SMARTS) is 1. The number of hydrogen-bond donors (Lipinski definition) is 2. The predicted octanol–water partition coefficient (Wildman–Crippen LogP) is 0.810. The monoisotopic (exact) mass is 156 g/mol. The zero-order chi connectivity index (χ0) is 9.02. The Balaban J connectivity index is 4.37. The molecule has 62 valence electrons. The van der Waals surface area contributed by atoms with Crippen LogP contribution in [0.4, 0.5) is 0 Å². The van der Waals surface area contributed by atoms with Gasteiger partial charge in [-0.2, -0.15) is 0 Å². The van der Waals surface area contributed by atoms with Crippen LogP contribution in [0.1, 0.15) is 6.92 Å². The van der Waals surface area contributed by atoms with Crippen LogP contribution in [0.5, 0.6) is 0 Å². The lowest BCUT2D eigenvalue weighted by Gasteiger charge is -2.14. The molecule has 0 aliphatic carbocycles. The van der Waals surface area contributed by atoms with Crippen molar-refractivity contribution in [2.75, 3.05) is 0 Å². The van der Waals surface area contributed by atoms with E-state index in [4.69, 9.17) is 5.11 Å². The predicted molar refractivity (Wildman–Crippen MR) is 42.1 cm³/mol. The van der Waals surface area contributed by atoms with E-state index in [1.165, 1.54) is 6.08 Å². The molecule has 0 fully saturated rings. The molecule has 0 aromatic carbocycles. The summed E-state index contributed by atoms with van der Waals surface area (Å²) in [5.41, 5.74) is 0.428. The molecule has 0 bridgehead atoms. The maximum absolute atomic E-state index is 10.4. The van der Waals surface area contributed by atoms with Crippen molar-refractivity contribution in [3.8, 4) is 0 Å². The number of carboxylic acids is 1. The van der Waals surface area contributed by atoms with Gasteiger partial charge in [0.05, 0.1) is 6.10 Å². The quantitative estimate of drug-likeness (QED) is 0.592. The minimum absolute atomic E-state index is 0.428. The third kappa shape index (κ3) is 2.55. The Morgan fingerprint density at radius 2 is 2.09 bits per heavy atom. The van der Waals surface area contributed by atoms with E-state index in [1.807, 2.05) is 0 Å². The number of aliphatic hydroxyl groups excluding tert-OH is 1. The van der Waals surface area contributed by atoms with Gasteiger partial charge >= 0.3 is 5.97 Å². The largest absolute Gasteiger partial charge is 0.481 e. The topological polar surface area (TPSA) is 57.5 Å². The summed E-state index contributed by atoms with van der Waals surface area (Å²) in [4.78, 5) is 10.4. The SMILES string of the molecule is C=C[C@@H](C(=O)O)[C@H](O)C(=C)C. The molecule has 0 amide bonds. The van der Waals surface area contributed by atoms with Crippen LogP contribution in [0.3, 0.4) is 0 Å². The van der Waals surface area contributed by atoms with Crippen molar-refractivity contribution in [3.05, 3.63) is 24.8 Å². The van der Waals surface area contributed by atoms with E-state index in [0.29, 0.717) is 5.57 Å². The maximum Gasteiger partial charge on any atom is 0.313 e. The van der Waals surface area contributed by atoms with Gasteiger partial charge in [-0.3, -0.25) is 4.79 Å². The molecule has 0 rings (SSSR count). The second-order valence-corrected chi connectivity index (χ2v) is 2.39. The third-order valence-corrected chi connectivity index (χ3v) is 1.38. The second-order valence-electron chi connectivity index (χ2n) is 2.39. The average molecular weight is 156 g/mol. The van der Waals surface area contributed by atoms with Crippen molar-refractivity contribution < 1.29 is 15.0 Å². The zero-order valence-corrected chi connectivity index (χ0v) is 6.45. The molecule has 0 aromatic rings. The fraction of sp³-hybridized carbons (Fsp3) is 0.375. The number of aliphatic carboxylic acids is 1. The van der Waals surface area contributed by atoms with Crippen molar-refractivity contribution in [2.45, 2.75) is 13.0 Å². The summed E-state index contributed by atoms with van der Waals surface area (Å²) in [6.45, 7) is 8.32. The van der Waals surface area contributed by atoms with Crippen molar-refractivity contribution in [1.82, 2.24) is 0 Å². The minimum atomic E-state index is -1.09. The van der Waals surface area contributed by atoms with Gasteiger partial charge in [-0.05, 0) is 6.92 Å². The number of rotatable bonds is 4. The van der Waals surface area contributed by atoms with Crippen molar-refractivity contribution in [3.63, 3.8) is 0 Å². The number of aliphatic hydroxyl groups is 1. The zero-order valence-electron chi connectivity index (χ0n) is 6.45. The first-order valence-corrected chi connectivity index (χ1v) is 3.19. The molecule has 11 heavy (non-hydrogen) atoms. The standard InChI is InChI=1S/C8H12O3/c1-4-6(8(10)11)7(9)5(2)3/h4,6-7,9H,1-2H2,3H3,(H,10,11)/t6-,7-/m1/s1. The molecule has 0 spiro atoms. The highest BCUT2D eigenvalue weighted by Gasteiger charge is 2.23. The fourth-order valence-corrected chi connectivity index (χ4v) is 0.671. The number of carbonyl (C=O) groups is 1. The summed E-state index contributed by atoms with van der Waals surface area (Å²) >= 11 is 0. The van der Waals surface area contributed by atoms with E-state index in [9.17, 15) is 9.90 Å². The van der Waals surface area contributed by atoms with Crippen molar-refractivity contribution in [1.29, 1.82) is 0 Å². The van der Waals surface area contributed by atoms with Gasteiger partial charge in [0.2, 0.25) is 0 Å². The lowest BCUT2D eigenvalue weighted by atomic mass is 9.98. The first-order valence-electron chi connectivity index (χ1n) is 3.19. The Labute approximate surface area is 65.7 Å². The Hall–Kier alpha value is -1.09. The molecular weight excluding hydrogens is 144 g/mol. The lowest BCUT2D eigenvalue weighted by Crippen LogP contribution is -2.26. The second kappa shape index (κ2) is 3.93. The van der Waals surface area contributed by atoms with Gasteiger partial charge in [-0.15, -0.1) is 6.58 Å².